The molecule has 0 heterocycles. The first-order valence-electron chi connectivity index (χ1n) is 5.25. The summed E-state index contributed by atoms with van der Waals surface area (Å²) in [5.74, 6) is -0.610. The van der Waals surface area contributed by atoms with Crippen molar-refractivity contribution < 1.29 is 13.7 Å². The first-order chi connectivity index (χ1) is 8.61. The van der Waals surface area contributed by atoms with Crippen LogP contribution in [0.3, 0.4) is 0 Å². The summed E-state index contributed by atoms with van der Waals surface area (Å²) in [5, 5.41) is 2.05. The maximum absolute atomic E-state index is 12.1. The molecule has 3 nitrogen and oxygen atoms in total. The number of fused-ring (bicyclic) bond motifs is 1. The van der Waals surface area contributed by atoms with Crippen LogP contribution in [0.1, 0.15) is 0 Å². The van der Waals surface area contributed by atoms with Crippen molar-refractivity contribution in [1.29, 1.82) is 0 Å². The van der Waals surface area contributed by atoms with Crippen LogP contribution < -0.4 is 0 Å². The first-order valence-corrected chi connectivity index (χ1v) is 7.36. The van der Waals surface area contributed by atoms with Crippen molar-refractivity contribution in [2.45, 2.75) is 4.90 Å². The average Bonchev–Trinajstić information content (AvgIpc) is 2.37. The van der Waals surface area contributed by atoms with Crippen molar-refractivity contribution in [3.63, 3.8) is 0 Å². The molecule has 2 rings (SSSR count). The molecule has 0 amide bonds. The molecule has 2 aromatic carbocycles. The molecule has 2 aromatic rings. The summed E-state index contributed by atoms with van der Waals surface area (Å²) in [6.45, 7) is 0. The average molecular weight is 327 g/mol. The second-order valence-corrected chi connectivity index (χ2v) is 5.97. The molecule has 0 aliphatic rings. The molecular formula is C13H11BrO3S. The van der Waals surface area contributed by atoms with Gasteiger partial charge in [0.2, 0.25) is 0 Å². The highest BCUT2D eigenvalue weighted by atomic mass is 79.9. The Morgan fingerprint density at radius 1 is 1.28 bits per heavy atom. The predicted molar refractivity (Wildman–Crippen MR) is 74.9 cm³/mol. The largest absolute Gasteiger partial charge is 0.468 e. The van der Waals surface area contributed by atoms with Gasteiger partial charge in [0.05, 0.1) is 22.8 Å². The van der Waals surface area contributed by atoms with E-state index in [2.05, 4.69) is 20.7 Å². The molecule has 0 aliphatic heterocycles. The lowest BCUT2D eigenvalue weighted by Gasteiger charge is -2.06. The summed E-state index contributed by atoms with van der Waals surface area (Å²) in [7, 11) is -0.116. The molecule has 5 heteroatoms. The van der Waals surface area contributed by atoms with E-state index >= 15 is 0 Å². The molecule has 0 aliphatic carbocycles. The molecule has 0 saturated heterocycles. The summed E-state index contributed by atoms with van der Waals surface area (Å²) in [4.78, 5) is 11.8. The highest BCUT2D eigenvalue weighted by Crippen LogP contribution is 2.27. The van der Waals surface area contributed by atoms with Crippen molar-refractivity contribution in [3.8, 4) is 0 Å². The third-order valence-corrected chi connectivity index (χ3v) is 4.77. The third kappa shape index (κ3) is 2.79. The van der Waals surface area contributed by atoms with E-state index in [4.69, 9.17) is 0 Å². The Balaban J connectivity index is 2.41. The first kappa shape index (κ1) is 13.2. The minimum atomic E-state index is -1.40. The van der Waals surface area contributed by atoms with Gasteiger partial charge < -0.3 is 4.74 Å². The van der Waals surface area contributed by atoms with E-state index in [-0.39, 0.29) is 5.75 Å². The van der Waals surface area contributed by atoms with Crippen LogP contribution in [0.2, 0.25) is 0 Å². The van der Waals surface area contributed by atoms with E-state index in [0.717, 1.165) is 15.2 Å². The lowest BCUT2D eigenvalue weighted by Crippen LogP contribution is -2.12. The normalized spacial score (nSPS) is 12.3. The predicted octanol–water partition coefficient (Wildman–Crippen LogP) is 2.88. The van der Waals surface area contributed by atoms with Gasteiger partial charge in [-0.05, 0) is 38.8 Å². The lowest BCUT2D eigenvalue weighted by atomic mass is 10.1. The smallest absolute Gasteiger partial charge is 0.318 e. The molecule has 1 unspecified atom stereocenters. The van der Waals surface area contributed by atoms with Crippen LogP contribution >= 0.6 is 15.9 Å². The molecule has 0 fully saturated rings. The number of rotatable bonds is 3. The fourth-order valence-electron chi connectivity index (χ4n) is 1.61. The van der Waals surface area contributed by atoms with Gasteiger partial charge in [0.1, 0.15) is 5.75 Å². The summed E-state index contributed by atoms with van der Waals surface area (Å²) in [6.07, 6.45) is 0. The second-order valence-electron chi connectivity index (χ2n) is 3.70. The van der Waals surface area contributed by atoms with Crippen molar-refractivity contribution in [2.75, 3.05) is 12.9 Å². The number of esters is 1. The number of hydrogen-bond donors (Lipinski definition) is 0. The van der Waals surface area contributed by atoms with Gasteiger partial charge in [0.25, 0.3) is 0 Å². The number of ether oxygens (including phenoxy) is 1. The van der Waals surface area contributed by atoms with Gasteiger partial charge in [-0.2, -0.15) is 0 Å². The van der Waals surface area contributed by atoms with E-state index in [0.29, 0.717) is 4.90 Å². The number of methoxy groups -OCH3 is 1. The fourth-order valence-corrected chi connectivity index (χ4v) is 3.53. The van der Waals surface area contributed by atoms with Crippen LogP contribution in [0.25, 0.3) is 10.8 Å². The Morgan fingerprint density at radius 2 is 1.89 bits per heavy atom. The molecule has 0 radical (unpaired) electrons. The van der Waals surface area contributed by atoms with Crippen LogP contribution in [-0.2, 0) is 20.3 Å². The minimum absolute atomic E-state index is 0.132. The van der Waals surface area contributed by atoms with Crippen molar-refractivity contribution in [2.24, 2.45) is 0 Å². The van der Waals surface area contributed by atoms with Gasteiger partial charge in [-0.15, -0.1) is 0 Å². The Kier molecular flexibility index (Phi) is 4.14. The standard InChI is InChI=1S/C13H11BrO3S/c1-17-13(15)8-18(16)12-7-10-5-3-2-4-9(10)6-11(12)14/h2-7H,8H2,1H3. The van der Waals surface area contributed by atoms with E-state index < -0.39 is 16.8 Å². The van der Waals surface area contributed by atoms with E-state index in [1.165, 1.54) is 7.11 Å². The quantitative estimate of drug-likeness (QED) is 0.814. The van der Waals surface area contributed by atoms with Gasteiger partial charge in [0, 0.05) is 4.47 Å². The SMILES string of the molecule is COC(=O)CS(=O)c1cc2ccccc2cc1Br. The van der Waals surface area contributed by atoms with Gasteiger partial charge in [0.15, 0.2) is 0 Å². The van der Waals surface area contributed by atoms with E-state index in [1.807, 2.05) is 36.4 Å². The lowest BCUT2D eigenvalue weighted by molar-refractivity contribution is -0.137. The zero-order valence-electron chi connectivity index (χ0n) is 9.68. The molecule has 0 aromatic heterocycles. The molecular weight excluding hydrogens is 316 g/mol. The van der Waals surface area contributed by atoms with Crippen LogP contribution in [0, 0.1) is 0 Å². The number of hydrogen-bond acceptors (Lipinski definition) is 3. The van der Waals surface area contributed by atoms with Crippen molar-refractivity contribution in [1.82, 2.24) is 0 Å². The number of benzene rings is 2. The summed E-state index contributed by atoms with van der Waals surface area (Å²) in [6, 6.07) is 11.5. The van der Waals surface area contributed by atoms with Crippen molar-refractivity contribution in [3.05, 3.63) is 40.9 Å². The van der Waals surface area contributed by atoms with Crippen molar-refractivity contribution >= 4 is 43.5 Å². The molecule has 1 atom stereocenters. The van der Waals surface area contributed by atoms with Gasteiger partial charge >= 0.3 is 5.97 Å². The van der Waals surface area contributed by atoms with Crippen LogP contribution in [0.4, 0.5) is 0 Å². The van der Waals surface area contributed by atoms with Gasteiger partial charge in [-0.1, -0.05) is 24.3 Å². The third-order valence-electron chi connectivity index (χ3n) is 2.52. The Morgan fingerprint density at radius 3 is 2.50 bits per heavy atom. The van der Waals surface area contributed by atoms with Crippen LogP contribution in [0.5, 0.6) is 0 Å². The van der Waals surface area contributed by atoms with Crippen LogP contribution in [-0.4, -0.2) is 23.0 Å². The summed E-state index contributed by atoms with van der Waals surface area (Å²) < 4.78 is 17.3. The van der Waals surface area contributed by atoms with Gasteiger partial charge in [-0.3, -0.25) is 9.00 Å². The summed E-state index contributed by atoms with van der Waals surface area (Å²) in [5.41, 5.74) is 0. The molecule has 0 N–H and O–H groups in total. The highest BCUT2D eigenvalue weighted by Gasteiger charge is 2.14. The Hall–Kier alpha value is -1.20. The number of carbonyl (C=O) groups is 1. The van der Waals surface area contributed by atoms with Crippen LogP contribution in [0.15, 0.2) is 45.8 Å². The minimum Gasteiger partial charge on any atom is -0.468 e. The molecule has 0 saturated carbocycles. The zero-order chi connectivity index (χ0) is 13.1. The molecule has 94 valence electrons. The number of carbonyl (C=O) groups excluding carboxylic acids is 1. The molecule has 18 heavy (non-hydrogen) atoms. The maximum Gasteiger partial charge on any atom is 0.318 e. The zero-order valence-corrected chi connectivity index (χ0v) is 12.1. The summed E-state index contributed by atoms with van der Waals surface area (Å²) >= 11 is 3.38. The van der Waals surface area contributed by atoms with E-state index in [9.17, 15) is 9.00 Å². The fraction of sp³-hybridized carbons (Fsp3) is 0.154. The Bertz CT molecular complexity index is 625. The molecule has 0 bridgehead atoms. The van der Waals surface area contributed by atoms with E-state index in [1.54, 1.807) is 0 Å². The maximum atomic E-state index is 12.1. The number of halogens is 1. The monoisotopic (exact) mass is 326 g/mol. The van der Waals surface area contributed by atoms with Gasteiger partial charge in [-0.25, -0.2) is 0 Å². The highest BCUT2D eigenvalue weighted by molar-refractivity contribution is 9.10. The second kappa shape index (κ2) is 5.63. The molecule has 0 spiro atoms. The Labute approximate surface area is 116 Å². The topological polar surface area (TPSA) is 43.4 Å².